The highest BCUT2D eigenvalue weighted by molar-refractivity contribution is 6.43. The van der Waals surface area contributed by atoms with Gasteiger partial charge in [-0.25, -0.2) is 4.39 Å². The minimum absolute atomic E-state index is 0.479. The third-order valence-electron chi connectivity index (χ3n) is 4.97. The van der Waals surface area contributed by atoms with Gasteiger partial charge in [0.05, 0.1) is 0 Å². The molecule has 0 heterocycles. The van der Waals surface area contributed by atoms with E-state index in [1.807, 2.05) is 0 Å². The largest absolute Gasteiger partial charge is 0.457 e. The fourth-order valence-corrected chi connectivity index (χ4v) is 3.69. The van der Waals surface area contributed by atoms with Gasteiger partial charge in [-0.2, -0.15) is 0 Å². The number of hydrogen-bond acceptors (Lipinski definition) is 2. The van der Waals surface area contributed by atoms with E-state index in [-0.39, 0.29) is 0 Å². The Hall–Kier alpha value is -0.0851. The van der Waals surface area contributed by atoms with E-state index in [1.165, 1.54) is 25.7 Å². The SMILES string of the molecule is CC1CCC(C2CCC(B(O)O)C(F)C2)CC1. The second kappa shape index (κ2) is 5.70. The van der Waals surface area contributed by atoms with Crippen molar-refractivity contribution in [2.24, 2.45) is 17.8 Å². The van der Waals surface area contributed by atoms with Crippen LogP contribution in [0.4, 0.5) is 4.39 Å². The Morgan fingerprint density at radius 1 is 0.941 bits per heavy atom. The first-order chi connectivity index (χ1) is 8.08. The van der Waals surface area contributed by atoms with Crippen LogP contribution in [0.25, 0.3) is 0 Å². The van der Waals surface area contributed by atoms with Crippen LogP contribution in [0, 0.1) is 17.8 Å². The van der Waals surface area contributed by atoms with Gasteiger partial charge in [0.1, 0.15) is 6.17 Å². The molecule has 0 aromatic heterocycles. The van der Waals surface area contributed by atoms with Crippen LogP contribution in [0.5, 0.6) is 0 Å². The molecule has 2 saturated carbocycles. The molecule has 0 amide bonds. The first kappa shape index (κ1) is 13.3. The normalized spacial score (nSPS) is 43.4. The summed E-state index contributed by atoms with van der Waals surface area (Å²) in [6.45, 7) is 2.30. The highest BCUT2D eigenvalue weighted by atomic mass is 19.1. The van der Waals surface area contributed by atoms with Gasteiger partial charge in [0.15, 0.2) is 0 Å². The molecule has 0 bridgehead atoms. The van der Waals surface area contributed by atoms with Gasteiger partial charge in [-0.1, -0.05) is 26.2 Å². The van der Waals surface area contributed by atoms with Crippen molar-refractivity contribution in [3.63, 3.8) is 0 Å². The first-order valence-corrected chi connectivity index (χ1v) is 7.08. The summed E-state index contributed by atoms with van der Waals surface area (Å²) in [5.74, 6) is 1.45. The first-order valence-electron chi connectivity index (χ1n) is 7.08. The van der Waals surface area contributed by atoms with Crippen molar-refractivity contribution in [1.82, 2.24) is 0 Å². The van der Waals surface area contributed by atoms with E-state index in [4.69, 9.17) is 10.0 Å². The quantitative estimate of drug-likeness (QED) is 0.731. The van der Waals surface area contributed by atoms with E-state index in [0.717, 1.165) is 12.3 Å². The maximum atomic E-state index is 13.9. The lowest BCUT2D eigenvalue weighted by molar-refractivity contribution is 0.112. The molecule has 0 radical (unpaired) electrons. The van der Waals surface area contributed by atoms with Gasteiger partial charge >= 0.3 is 7.12 Å². The number of alkyl halides is 1. The van der Waals surface area contributed by atoms with Crippen LogP contribution in [0.1, 0.15) is 51.9 Å². The maximum Gasteiger partial charge on any atom is 0.457 e. The van der Waals surface area contributed by atoms with Gasteiger partial charge < -0.3 is 10.0 Å². The highest BCUT2D eigenvalue weighted by Gasteiger charge is 2.40. The van der Waals surface area contributed by atoms with Gasteiger partial charge in [0.2, 0.25) is 0 Å². The van der Waals surface area contributed by atoms with E-state index in [9.17, 15) is 4.39 Å². The summed E-state index contributed by atoms with van der Waals surface area (Å²) >= 11 is 0. The van der Waals surface area contributed by atoms with Gasteiger partial charge in [0, 0.05) is 5.82 Å². The van der Waals surface area contributed by atoms with Crippen molar-refractivity contribution in [3.05, 3.63) is 0 Å². The van der Waals surface area contributed by atoms with E-state index in [1.54, 1.807) is 0 Å². The summed E-state index contributed by atoms with van der Waals surface area (Å²) in [5, 5.41) is 18.2. The maximum absolute atomic E-state index is 13.9. The monoisotopic (exact) mass is 242 g/mol. The Morgan fingerprint density at radius 3 is 2.06 bits per heavy atom. The Bertz CT molecular complexity index is 242. The molecule has 0 aliphatic heterocycles. The fourth-order valence-electron chi connectivity index (χ4n) is 3.69. The summed E-state index contributed by atoms with van der Waals surface area (Å²) in [6.07, 6.45) is 6.18. The van der Waals surface area contributed by atoms with Crippen molar-refractivity contribution in [2.45, 2.75) is 63.9 Å². The Morgan fingerprint density at radius 2 is 1.53 bits per heavy atom. The molecule has 2 nitrogen and oxygen atoms in total. The average Bonchev–Trinajstić information content (AvgIpc) is 2.29. The van der Waals surface area contributed by atoms with Gasteiger partial charge in [-0.3, -0.25) is 0 Å². The lowest BCUT2D eigenvalue weighted by Gasteiger charge is -2.38. The summed E-state index contributed by atoms with van der Waals surface area (Å²) in [4.78, 5) is 0. The van der Waals surface area contributed by atoms with Crippen LogP contribution in [0.2, 0.25) is 5.82 Å². The zero-order valence-electron chi connectivity index (χ0n) is 10.7. The molecule has 2 N–H and O–H groups in total. The van der Waals surface area contributed by atoms with Crippen molar-refractivity contribution in [2.75, 3.05) is 0 Å². The number of hydrogen-bond donors (Lipinski definition) is 2. The topological polar surface area (TPSA) is 40.5 Å². The third-order valence-corrected chi connectivity index (χ3v) is 4.97. The molecule has 0 aromatic rings. The molecule has 2 rings (SSSR count). The second-order valence-electron chi connectivity index (χ2n) is 6.19. The molecule has 2 aliphatic carbocycles. The Labute approximate surface area is 104 Å². The van der Waals surface area contributed by atoms with Crippen LogP contribution in [0.15, 0.2) is 0 Å². The average molecular weight is 242 g/mol. The minimum atomic E-state index is -1.47. The Kier molecular flexibility index (Phi) is 4.48. The standard InChI is InChI=1S/C13H24BFO2/c1-9-2-4-10(5-3-9)11-6-7-12(14(16)17)13(15)8-11/h9-13,16-17H,2-8H2,1H3. The lowest BCUT2D eigenvalue weighted by Crippen LogP contribution is -2.36. The van der Waals surface area contributed by atoms with E-state index >= 15 is 0 Å². The van der Waals surface area contributed by atoms with Gasteiger partial charge in [-0.15, -0.1) is 0 Å². The van der Waals surface area contributed by atoms with Crippen molar-refractivity contribution in [1.29, 1.82) is 0 Å². The molecule has 0 spiro atoms. The molecular formula is C13H24BFO2. The van der Waals surface area contributed by atoms with Crippen LogP contribution in [-0.4, -0.2) is 23.3 Å². The molecule has 3 atom stereocenters. The van der Waals surface area contributed by atoms with Crippen LogP contribution < -0.4 is 0 Å². The predicted molar refractivity (Wildman–Crippen MR) is 67.3 cm³/mol. The van der Waals surface area contributed by atoms with E-state index in [0.29, 0.717) is 24.7 Å². The fraction of sp³-hybridized carbons (Fsp3) is 1.00. The predicted octanol–water partition coefficient (Wildman–Crippen LogP) is 2.79. The lowest BCUT2D eigenvalue weighted by atomic mass is 9.59. The summed E-state index contributed by atoms with van der Waals surface area (Å²) in [7, 11) is -1.47. The molecule has 4 heteroatoms. The molecule has 2 fully saturated rings. The van der Waals surface area contributed by atoms with Crippen molar-refractivity contribution in [3.8, 4) is 0 Å². The second-order valence-corrected chi connectivity index (χ2v) is 6.19. The summed E-state index contributed by atoms with van der Waals surface area (Å²) in [5.41, 5.74) is 0. The van der Waals surface area contributed by atoms with E-state index < -0.39 is 19.1 Å². The van der Waals surface area contributed by atoms with Crippen molar-refractivity contribution >= 4 is 7.12 Å². The Balaban J connectivity index is 1.84. The highest BCUT2D eigenvalue weighted by Crippen LogP contribution is 2.44. The van der Waals surface area contributed by atoms with E-state index in [2.05, 4.69) is 6.92 Å². The third kappa shape index (κ3) is 3.22. The summed E-state index contributed by atoms with van der Waals surface area (Å²) in [6, 6.07) is 0. The summed E-state index contributed by atoms with van der Waals surface area (Å²) < 4.78 is 13.9. The van der Waals surface area contributed by atoms with Crippen LogP contribution >= 0.6 is 0 Å². The molecule has 0 saturated heterocycles. The van der Waals surface area contributed by atoms with Crippen LogP contribution in [-0.2, 0) is 0 Å². The molecular weight excluding hydrogens is 218 g/mol. The zero-order valence-corrected chi connectivity index (χ0v) is 10.7. The molecule has 3 unspecified atom stereocenters. The molecule has 2 aliphatic rings. The number of rotatable bonds is 2. The zero-order chi connectivity index (χ0) is 12.4. The number of halogens is 1. The van der Waals surface area contributed by atoms with Gasteiger partial charge in [0.25, 0.3) is 0 Å². The molecule has 0 aromatic carbocycles. The smallest absolute Gasteiger partial charge is 0.427 e. The van der Waals surface area contributed by atoms with Crippen LogP contribution in [0.3, 0.4) is 0 Å². The van der Waals surface area contributed by atoms with Crippen molar-refractivity contribution < 1.29 is 14.4 Å². The molecule has 98 valence electrons. The minimum Gasteiger partial charge on any atom is -0.427 e. The van der Waals surface area contributed by atoms with Gasteiger partial charge in [-0.05, 0) is 43.4 Å². The molecule has 17 heavy (non-hydrogen) atoms.